The third kappa shape index (κ3) is 8.04. The second-order valence-corrected chi connectivity index (χ2v) is 11.9. The molecule has 47 heavy (non-hydrogen) atoms. The van der Waals surface area contributed by atoms with Gasteiger partial charge in [0.2, 0.25) is 5.91 Å². The maximum atomic E-state index is 12.5. The molecule has 0 saturated carbocycles. The van der Waals surface area contributed by atoms with Crippen molar-refractivity contribution in [2.75, 3.05) is 19.8 Å². The normalized spacial score (nSPS) is 51.0. The molecule has 21 nitrogen and oxygen atoms in total. The average Bonchev–Trinajstić information content (AvgIpc) is 3.04. The summed E-state index contributed by atoms with van der Waals surface area (Å²) < 4.78 is 39.5. The molecule has 0 aliphatic carbocycles. The minimum atomic E-state index is -1.96. The van der Waals surface area contributed by atoms with Crippen molar-refractivity contribution in [1.82, 2.24) is 5.32 Å². The Morgan fingerprint density at radius 1 is 0.553 bits per heavy atom. The molecule has 4 aliphatic heterocycles. The number of carbonyl (C=O) groups excluding carboxylic acids is 1. The quantitative estimate of drug-likeness (QED) is 0.101. The van der Waals surface area contributed by atoms with Crippen LogP contribution in [0.5, 0.6) is 0 Å². The molecule has 21 heteroatoms. The summed E-state index contributed by atoms with van der Waals surface area (Å²) in [4.78, 5) is 12.5. The monoisotopic (exact) mass is 691 g/mol. The van der Waals surface area contributed by atoms with E-state index in [-0.39, 0.29) is 0 Å². The summed E-state index contributed by atoms with van der Waals surface area (Å²) in [6, 6.07) is -1.60. The van der Waals surface area contributed by atoms with E-state index in [0.29, 0.717) is 0 Å². The highest BCUT2D eigenvalue weighted by molar-refractivity contribution is 5.73. The summed E-state index contributed by atoms with van der Waals surface area (Å²) in [6.45, 7) is -0.142. The molecule has 0 aromatic rings. The minimum absolute atomic E-state index is 0.759. The van der Waals surface area contributed by atoms with Crippen LogP contribution in [0.25, 0.3) is 0 Å². The lowest BCUT2D eigenvalue weighted by molar-refractivity contribution is -0.384. The Labute approximate surface area is 267 Å². The molecule has 4 rings (SSSR count). The van der Waals surface area contributed by atoms with Crippen molar-refractivity contribution in [1.29, 1.82) is 0 Å². The Morgan fingerprint density at radius 2 is 1.04 bits per heavy atom. The van der Waals surface area contributed by atoms with Gasteiger partial charge in [0.15, 0.2) is 25.2 Å². The lowest BCUT2D eigenvalue weighted by atomic mass is 9.93. The third-order valence-corrected chi connectivity index (χ3v) is 8.57. The summed E-state index contributed by atoms with van der Waals surface area (Å²) in [7, 11) is 0. The van der Waals surface area contributed by atoms with E-state index < -0.39 is 148 Å². The van der Waals surface area contributed by atoms with Gasteiger partial charge in [0.05, 0.1) is 25.9 Å². The van der Waals surface area contributed by atoms with E-state index in [1.165, 1.54) is 6.92 Å². The molecule has 1 amide bonds. The molecule has 0 unspecified atom stereocenters. The topological polar surface area (TPSA) is 336 Å². The highest BCUT2D eigenvalue weighted by Crippen LogP contribution is 2.35. The molecule has 0 aromatic heterocycles. The first-order valence-corrected chi connectivity index (χ1v) is 15.0. The van der Waals surface area contributed by atoms with Crippen LogP contribution in [-0.2, 0) is 38.0 Å². The van der Waals surface area contributed by atoms with Crippen LogP contribution in [0.4, 0.5) is 0 Å². The molecule has 0 spiro atoms. The van der Waals surface area contributed by atoms with Gasteiger partial charge in [-0.3, -0.25) is 4.79 Å². The molecule has 4 heterocycles. The van der Waals surface area contributed by atoms with Crippen molar-refractivity contribution in [2.45, 2.75) is 137 Å². The van der Waals surface area contributed by atoms with Crippen LogP contribution < -0.4 is 5.32 Å². The van der Waals surface area contributed by atoms with E-state index in [1.807, 2.05) is 0 Å². The lowest BCUT2D eigenvalue weighted by Crippen LogP contribution is -2.71. The molecular formula is C26H45NO20. The Bertz CT molecular complexity index is 1010. The van der Waals surface area contributed by atoms with E-state index in [1.54, 1.807) is 0 Å². The van der Waals surface area contributed by atoms with Crippen molar-refractivity contribution in [3.05, 3.63) is 0 Å². The smallest absolute Gasteiger partial charge is 0.217 e. The third-order valence-electron chi connectivity index (χ3n) is 8.57. The van der Waals surface area contributed by atoms with Crippen molar-refractivity contribution in [3.63, 3.8) is 0 Å². The first kappa shape index (κ1) is 38.5. The second-order valence-electron chi connectivity index (χ2n) is 11.9. The van der Waals surface area contributed by atoms with Gasteiger partial charge in [-0.2, -0.15) is 0 Å². The van der Waals surface area contributed by atoms with Crippen LogP contribution in [0.3, 0.4) is 0 Å². The zero-order chi connectivity index (χ0) is 34.9. The van der Waals surface area contributed by atoms with E-state index in [4.69, 9.17) is 33.2 Å². The minimum Gasteiger partial charge on any atom is -0.394 e. The number of nitrogens with one attached hydrogen (secondary N) is 1. The standard InChI is InChI=1S/C26H45NO20/c1-6-12(32)15(35)17(37)25(41-6)46-21-11(27-7(2)31)24(47-22-14(34)9(4-29)42-23(40)19(22)39)44-10(5-30)20(21)45-26-18(38)16(36)13(33)8(3-28)43-26/h6,8-26,28-30,32-40H,3-5H2,1-2H3,(H,27,31)/t6-,8+,9+,10+,11+,12+,13-,14+,15+,16-,17-,18+,19+,20+,21+,22-,23+,24-,25-,26-/m0/s1. The predicted molar refractivity (Wildman–Crippen MR) is 144 cm³/mol. The molecule has 20 atom stereocenters. The van der Waals surface area contributed by atoms with Gasteiger partial charge in [-0.25, -0.2) is 0 Å². The number of aliphatic hydroxyl groups is 12. The van der Waals surface area contributed by atoms with E-state index >= 15 is 0 Å². The van der Waals surface area contributed by atoms with E-state index in [2.05, 4.69) is 5.32 Å². The van der Waals surface area contributed by atoms with Crippen molar-refractivity contribution < 1.29 is 99.2 Å². The Balaban J connectivity index is 1.73. The summed E-state index contributed by atoms with van der Waals surface area (Å²) in [5.41, 5.74) is 0. The number of aliphatic hydroxyl groups excluding tert-OH is 12. The van der Waals surface area contributed by atoms with Gasteiger partial charge in [0, 0.05) is 6.92 Å². The van der Waals surface area contributed by atoms with E-state index in [0.717, 1.165) is 6.92 Å². The van der Waals surface area contributed by atoms with Crippen LogP contribution in [0.15, 0.2) is 0 Å². The zero-order valence-corrected chi connectivity index (χ0v) is 25.3. The van der Waals surface area contributed by atoms with Gasteiger partial charge in [-0.1, -0.05) is 0 Å². The Hall–Kier alpha value is -1.29. The molecule has 0 radical (unpaired) electrons. The largest absolute Gasteiger partial charge is 0.394 e. The van der Waals surface area contributed by atoms with Crippen LogP contribution in [0.2, 0.25) is 0 Å². The zero-order valence-electron chi connectivity index (χ0n) is 25.3. The number of rotatable bonds is 10. The summed E-state index contributed by atoms with van der Waals surface area (Å²) >= 11 is 0. The first-order valence-electron chi connectivity index (χ1n) is 15.0. The fourth-order valence-electron chi connectivity index (χ4n) is 5.88. The van der Waals surface area contributed by atoms with Gasteiger partial charge in [-0.15, -0.1) is 0 Å². The van der Waals surface area contributed by atoms with Crippen LogP contribution in [0, 0.1) is 0 Å². The number of carbonyl (C=O) groups is 1. The van der Waals surface area contributed by atoms with Gasteiger partial charge in [0.25, 0.3) is 0 Å². The van der Waals surface area contributed by atoms with Gasteiger partial charge >= 0.3 is 0 Å². The molecule has 0 aromatic carbocycles. The van der Waals surface area contributed by atoms with Crippen molar-refractivity contribution >= 4 is 5.91 Å². The van der Waals surface area contributed by atoms with Crippen molar-refractivity contribution in [3.8, 4) is 0 Å². The fraction of sp³-hybridized carbons (Fsp3) is 0.962. The van der Waals surface area contributed by atoms with Crippen LogP contribution in [-0.4, -0.2) is 210 Å². The fourth-order valence-corrected chi connectivity index (χ4v) is 5.88. The van der Waals surface area contributed by atoms with Gasteiger partial charge in [-0.05, 0) is 6.92 Å². The van der Waals surface area contributed by atoms with E-state index in [9.17, 15) is 66.1 Å². The molecule has 274 valence electrons. The maximum absolute atomic E-state index is 12.5. The number of amides is 1. The Morgan fingerprint density at radius 3 is 1.62 bits per heavy atom. The van der Waals surface area contributed by atoms with Crippen LogP contribution in [0.1, 0.15) is 13.8 Å². The second kappa shape index (κ2) is 16.2. The summed E-state index contributed by atoms with van der Waals surface area (Å²) in [6.07, 6.45) is -32.7. The first-order chi connectivity index (χ1) is 22.1. The molecule has 0 bridgehead atoms. The van der Waals surface area contributed by atoms with Gasteiger partial charge in [0.1, 0.15) is 91.5 Å². The molecule has 4 fully saturated rings. The highest BCUT2D eigenvalue weighted by atomic mass is 16.8. The molecule has 13 N–H and O–H groups in total. The molecular weight excluding hydrogens is 646 g/mol. The number of hydrogen-bond acceptors (Lipinski definition) is 20. The maximum Gasteiger partial charge on any atom is 0.217 e. The number of ether oxygens (including phenoxy) is 7. The molecule has 4 aliphatic rings. The average molecular weight is 692 g/mol. The summed E-state index contributed by atoms with van der Waals surface area (Å²) in [5.74, 6) is -0.759. The number of hydrogen-bond donors (Lipinski definition) is 13. The SMILES string of the molecule is CC(=O)N[C@H]1[C@H](O[C@@H]2[C@@H](O)[C@H](O)O[C@H](CO)[C@H]2O)O[C@H](CO)[C@@H](O[C@@H]2O[C@H](CO)[C@H](O)[C@H](O)[C@H]2O)[C@@H]1O[C@@H]1O[C@@H](C)[C@@H](O)[C@@H](O)[C@@H]1O. The van der Waals surface area contributed by atoms with Gasteiger partial charge < -0.3 is 99.8 Å². The summed E-state index contributed by atoms with van der Waals surface area (Å²) in [5, 5.41) is 126. The predicted octanol–water partition coefficient (Wildman–Crippen LogP) is -8.58. The molecule has 4 saturated heterocycles. The lowest BCUT2D eigenvalue weighted by Gasteiger charge is -2.51. The van der Waals surface area contributed by atoms with Crippen molar-refractivity contribution in [2.24, 2.45) is 0 Å². The highest BCUT2D eigenvalue weighted by Gasteiger charge is 2.56. The van der Waals surface area contributed by atoms with Crippen LogP contribution >= 0.6 is 0 Å². The Kier molecular flexibility index (Phi) is 13.2.